The number of rotatable bonds is 5. The molecule has 0 aliphatic heterocycles. The maximum absolute atomic E-state index is 12.2. The van der Waals surface area contributed by atoms with E-state index in [1.807, 2.05) is 13.8 Å². The first-order valence-corrected chi connectivity index (χ1v) is 6.79. The summed E-state index contributed by atoms with van der Waals surface area (Å²) in [6.07, 6.45) is 0.197. The molecular weight excluding hydrogens is 274 g/mol. The van der Waals surface area contributed by atoms with Gasteiger partial charge >= 0.3 is 5.97 Å². The normalized spacial score (nSPS) is 13.8. The predicted octanol–water partition coefficient (Wildman–Crippen LogP) is 1.18. The Morgan fingerprint density at radius 2 is 2.00 bits per heavy atom. The van der Waals surface area contributed by atoms with E-state index in [1.165, 1.54) is 6.92 Å². The van der Waals surface area contributed by atoms with Crippen LogP contribution in [0, 0.1) is 6.92 Å². The Hall–Kier alpha value is -2.18. The molecule has 7 heteroatoms. The number of aromatic amines is 1. The lowest BCUT2D eigenvalue weighted by molar-refractivity contribution is -0.143. The van der Waals surface area contributed by atoms with Gasteiger partial charge < -0.3 is 15.4 Å². The molecule has 1 aromatic heterocycles. The molecular formula is C14H21N3O4. The van der Waals surface area contributed by atoms with Crippen LogP contribution in [0.4, 0.5) is 0 Å². The Balaban J connectivity index is 3.21. The average Bonchev–Trinajstić information content (AvgIpc) is 2.37. The smallest absolute Gasteiger partial charge is 0.329 e. The Morgan fingerprint density at radius 1 is 1.43 bits per heavy atom. The highest BCUT2D eigenvalue weighted by atomic mass is 16.4. The van der Waals surface area contributed by atoms with Crippen LogP contribution in [0.3, 0.4) is 0 Å². The topological polar surface area (TPSA) is 112 Å². The van der Waals surface area contributed by atoms with Gasteiger partial charge in [0.25, 0.3) is 11.5 Å². The van der Waals surface area contributed by atoms with Gasteiger partial charge in [0.2, 0.25) is 0 Å². The highest BCUT2D eigenvalue weighted by Gasteiger charge is 2.34. The predicted molar refractivity (Wildman–Crippen MR) is 77.5 cm³/mol. The lowest BCUT2D eigenvalue weighted by Gasteiger charge is -2.24. The Bertz CT molecular complexity index is 621. The van der Waals surface area contributed by atoms with E-state index in [4.69, 9.17) is 5.11 Å². The number of carbonyl (C=O) groups excluding carboxylic acids is 1. The molecule has 3 N–H and O–H groups in total. The molecule has 1 heterocycles. The van der Waals surface area contributed by atoms with E-state index in [9.17, 15) is 14.4 Å². The molecule has 0 bridgehead atoms. The van der Waals surface area contributed by atoms with E-state index in [2.05, 4.69) is 15.3 Å². The molecule has 0 spiro atoms. The van der Waals surface area contributed by atoms with Crippen molar-refractivity contribution in [1.82, 2.24) is 15.3 Å². The van der Waals surface area contributed by atoms with Crippen molar-refractivity contribution < 1.29 is 14.7 Å². The van der Waals surface area contributed by atoms with Crippen LogP contribution < -0.4 is 10.9 Å². The second-order valence-corrected chi connectivity index (χ2v) is 5.51. The highest BCUT2D eigenvalue weighted by Crippen LogP contribution is 2.12. The number of hydrogen-bond acceptors (Lipinski definition) is 4. The third-order valence-electron chi connectivity index (χ3n) is 3.46. The Kier molecular flexibility index (Phi) is 4.88. The molecule has 0 radical (unpaired) electrons. The van der Waals surface area contributed by atoms with Crippen LogP contribution >= 0.6 is 0 Å². The average molecular weight is 295 g/mol. The maximum Gasteiger partial charge on any atom is 0.329 e. The Labute approximate surface area is 122 Å². The Morgan fingerprint density at radius 3 is 2.38 bits per heavy atom. The van der Waals surface area contributed by atoms with Gasteiger partial charge in [-0.15, -0.1) is 0 Å². The molecule has 116 valence electrons. The number of hydrogen-bond donors (Lipinski definition) is 3. The van der Waals surface area contributed by atoms with Gasteiger partial charge in [0.1, 0.15) is 16.9 Å². The van der Waals surface area contributed by atoms with E-state index in [-0.39, 0.29) is 23.6 Å². The SMILES string of the molecule is CCC(C)(NC(=O)c1c(C)nc(C(C)C)[nH]c1=O)C(=O)O. The van der Waals surface area contributed by atoms with Crippen LogP contribution in [0.25, 0.3) is 0 Å². The quantitative estimate of drug-likeness (QED) is 0.755. The number of aliphatic carboxylic acids is 1. The molecule has 0 aliphatic rings. The number of nitrogens with zero attached hydrogens (tertiary/aromatic N) is 1. The molecule has 7 nitrogen and oxygen atoms in total. The molecule has 21 heavy (non-hydrogen) atoms. The third kappa shape index (κ3) is 3.48. The second kappa shape index (κ2) is 6.07. The number of amides is 1. The van der Waals surface area contributed by atoms with E-state index >= 15 is 0 Å². The van der Waals surface area contributed by atoms with E-state index in [1.54, 1.807) is 13.8 Å². The summed E-state index contributed by atoms with van der Waals surface area (Å²) in [4.78, 5) is 42.2. The van der Waals surface area contributed by atoms with E-state index < -0.39 is 23.0 Å². The van der Waals surface area contributed by atoms with Crippen LogP contribution in [0.2, 0.25) is 0 Å². The zero-order valence-electron chi connectivity index (χ0n) is 12.9. The number of aromatic nitrogens is 2. The van der Waals surface area contributed by atoms with Crippen molar-refractivity contribution >= 4 is 11.9 Å². The fourth-order valence-corrected chi connectivity index (χ4v) is 1.75. The number of carboxylic acids is 1. The van der Waals surface area contributed by atoms with Gasteiger partial charge in [-0.1, -0.05) is 20.8 Å². The minimum Gasteiger partial charge on any atom is -0.480 e. The van der Waals surface area contributed by atoms with E-state index in [0.29, 0.717) is 5.82 Å². The summed E-state index contributed by atoms with van der Waals surface area (Å²) in [5.74, 6) is -1.37. The van der Waals surface area contributed by atoms with Gasteiger partial charge in [-0.2, -0.15) is 0 Å². The zero-order valence-corrected chi connectivity index (χ0v) is 12.9. The van der Waals surface area contributed by atoms with Crippen molar-refractivity contribution in [1.29, 1.82) is 0 Å². The van der Waals surface area contributed by atoms with Crippen molar-refractivity contribution in [3.63, 3.8) is 0 Å². The van der Waals surface area contributed by atoms with Crippen LogP contribution in [-0.2, 0) is 4.79 Å². The minimum absolute atomic E-state index is 0.0217. The lowest BCUT2D eigenvalue weighted by atomic mass is 9.98. The summed E-state index contributed by atoms with van der Waals surface area (Å²) in [5, 5.41) is 11.6. The van der Waals surface area contributed by atoms with Gasteiger partial charge in [0.15, 0.2) is 0 Å². The summed E-state index contributed by atoms with van der Waals surface area (Å²) < 4.78 is 0. The fraction of sp³-hybridized carbons (Fsp3) is 0.571. The monoisotopic (exact) mass is 295 g/mol. The van der Waals surface area contributed by atoms with Crippen molar-refractivity contribution in [2.24, 2.45) is 0 Å². The molecule has 1 unspecified atom stereocenters. The minimum atomic E-state index is -1.42. The molecule has 1 rings (SSSR count). The second-order valence-electron chi connectivity index (χ2n) is 5.51. The zero-order chi connectivity index (χ0) is 16.4. The number of nitrogens with one attached hydrogen (secondary N) is 2. The highest BCUT2D eigenvalue weighted by molar-refractivity contribution is 5.98. The van der Waals surface area contributed by atoms with Crippen molar-refractivity contribution in [2.75, 3.05) is 0 Å². The van der Waals surface area contributed by atoms with Gasteiger partial charge in [-0.25, -0.2) is 9.78 Å². The van der Waals surface area contributed by atoms with Crippen LogP contribution in [0.15, 0.2) is 4.79 Å². The van der Waals surface area contributed by atoms with Crippen molar-refractivity contribution in [3.05, 3.63) is 27.4 Å². The summed E-state index contributed by atoms with van der Waals surface area (Å²) in [7, 11) is 0. The number of H-pyrrole nitrogens is 1. The van der Waals surface area contributed by atoms with E-state index in [0.717, 1.165) is 0 Å². The maximum atomic E-state index is 12.2. The summed E-state index contributed by atoms with van der Waals surface area (Å²) in [5.41, 5.74) is -1.86. The molecule has 1 atom stereocenters. The standard InChI is InChI=1S/C14H21N3O4/c1-6-14(5,13(20)21)17-12(19)9-8(4)15-10(7(2)3)16-11(9)18/h7H,6H2,1-5H3,(H,17,19)(H,20,21)(H,15,16,18). The summed E-state index contributed by atoms with van der Waals surface area (Å²) in [6, 6.07) is 0. The largest absolute Gasteiger partial charge is 0.480 e. The first-order valence-electron chi connectivity index (χ1n) is 6.79. The van der Waals surface area contributed by atoms with Gasteiger partial charge in [-0.3, -0.25) is 9.59 Å². The molecule has 0 saturated heterocycles. The summed E-state index contributed by atoms with van der Waals surface area (Å²) in [6.45, 7) is 8.34. The van der Waals surface area contributed by atoms with Crippen LogP contribution in [-0.4, -0.2) is 32.5 Å². The van der Waals surface area contributed by atoms with Gasteiger partial charge in [-0.05, 0) is 20.3 Å². The number of carbonyl (C=O) groups is 2. The lowest BCUT2D eigenvalue weighted by Crippen LogP contribution is -2.52. The molecule has 0 aliphatic carbocycles. The first kappa shape index (κ1) is 16.9. The molecule has 0 fully saturated rings. The molecule has 1 aromatic rings. The van der Waals surface area contributed by atoms with Crippen molar-refractivity contribution in [2.45, 2.75) is 52.5 Å². The number of aryl methyl sites for hydroxylation is 1. The first-order chi connectivity index (χ1) is 9.62. The third-order valence-corrected chi connectivity index (χ3v) is 3.46. The summed E-state index contributed by atoms with van der Waals surface area (Å²) >= 11 is 0. The molecule has 0 saturated carbocycles. The molecule has 0 aromatic carbocycles. The van der Waals surface area contributed by atoms with Crippen LogP contribution in [0.1, 0.15) is 61.9 Å². The van der Waals surface area contributed by atoms with Crippen LogP contribution in [0.5, 0.6) is 0 Å². The number of carboxylic acid groups (broad SMARTS) is 1. The molecule has 1 amide bonds. The van der Waals surface area contributed by atoms with Gasteiger partial charge in [0, 0.05) is 5.92 Å². The van der Waals surface area contributed by atoms with Crippen molar-refractivity contribution in [3.8, 4) is 0 Å². The van der Waals surface area contributed by atoms with Gasteiger partial charge in [0.05, 0.1) is 5.69 Å². The fourth-order valence-electron chi connectivity index (χ4n) is 1.75.